The van der Waals surface area contributed by atoms with Crippen LogP contribution in [0.4, 0.5) is 0 Å². The van der Waals surface area contributed by atoms with Gasteiger partial charge >= 0.3 is 0 Å². The lowest BCUT2D eigenvalue weighted by Crippen LogP contribution is -2.44. The number of imidazole rings is 1. The monoisotopic (exact) mass is 451 g/mol. The summed E-state index contributed by atoms with van der Waals surface area (Å²) in [6.07, 6.45) is 9.06. The van der Waals surface area contributed by atoms with E-state index in [1.165, 1.54) is 0 Å². The van der Waals surface area contributed by atoms with E-state index in [9.17, 15) is 9.59 Å². The van der Waals surface area contributed by atoms with Crippen molar-refractivity contribution in [3.8, 4) is 0 Å². The van der Waals surface area contributed by atoms with Crippen LogP contribution in [0.3, 0.4) is 0 Å². The highest BCUT2D eigenvalue weighted by molar-refractivity contribution is 6.30. The van der Waals surface area contributed by atoms with Crippen LogP contribution in [0.1, 0.15) is 34.6 Å². The average Bonchev–Trinajstić information content (AvgIpc) is 3.29. The van der Waals surface area contributed by atoms with Gasteiger partial charge < -0.3 is 14.8 Å². The van der Waals surface area contributed by atoms with Gasteiger partial charge in [0.2, 0.25) is 5.91 Å². The Labute approximate surface area is 192 Å². The normalized spacial score (nSPS) is 14.3. The molecule has 166 valence electrons. The lowest BCUT2D eigenvalue weighted by molar-refractivity contribution is -0.126. The van der Waals surface area contributed by atoms with E-state index in [0.29, 0.717) is 49.9 Å². The highest BCUT2D eigenvalue weighted by Crippen LogP contribution is 2.20. The van der Waals surface area contributed by atoms with E-state index in [-0.39, 0.29) is 17.7 Å². The van der Waals surface area contributed by atoms with Crippen LogP contribution in [0, 0.1) is 5.92 Å². The second-order valence-electron chi connectivity index (χ2n) is 7.97. The Morgan fingerprint density at radius 1 is 1.00 bits per heavy atom. The maximum atomic E-state index is 13.0. The molecule has 7 nitrogen and oxygen atoms in total. The van der Waals surface area contributed by atoms with Crippen molar-refractivity contribution in [3.63, 3.8) is 0 Å². The fraction of sp³-hybridized carbons (Fsp3) is 0.333. The van der Waals surface area contributed by atoms with Gasteiger partial charge in [0.05, 0.1) is 0 Å². The van der Waals surface area contributed by atoms with E-state index < -0.39 is 0 Å². The molecule has 1 aromatic carbocycles. The summed E-state index contributed by atoms with van der Waals surface area (Å²) in [4.78, 5) is 35.7. The van der Waals surface area contributed by atoms with Gasteiger partial charge in [-0.2, -0.15) is 0 Å². The first kappa shape index (κ1) is 22.0. The first-order valence-electron chi connectivity index (χ1n) is 10.8. The van der Waals surface area contributed by atoms with Crippen molar-refractivity contribution in [2.45, 2.75) is 25.8 Å². The van der Waals surface area contributed by atoms with Crippen LogP contribution < -0.4 is 5.32 Å². The fourth-order valence-corrected chi connectivity index (χ4v) is 4.06. The number of nitrogens with one attached hydrogen (secondary N) is 1. The highest BCUT2D eigenvalue weighted by Gasteiger charge is 2.29. The van der Waals surface area contributed by atoms with Crippen LogP contribution in [0.2, 0.25) is 5.02 Å². The Balaban J connectivity index is 1.27. The number of pyridine rings is 1. The molecule has 1 N–H and O–H groups in total. The summed E-state index contributed by atoms with van der Waals surface area (Å²) in [6, 6.07) is 11.5. The van der Waals surface area contributed by atoms with Crippen molar-refractivity contribution in [3.05, 3.63) is 83.2 Å². The zero-order chi connectivity index (χ0) is 22.3. The summed E-state index contributed by atoms with van der Waals surface area (Å²) in [5.74, 6) is 0.321. The minimum Gasteiger partial charge on any atom is -0.356 e. The minimum absolute atomic E-state index is 0.0645. The molecule has 0 spiro atoms. The number of likely N-dealkylation sites (tertiary alicyclic amines) is 1. The number of hydrogen-bond acceptors (Lipinski definition) is 4. The molecule has 0 radical (unpaired) electrons. The van der Waals surface area contributed by atoms with Crippen LogP contribution in [-0.4, -0.2) is 50.9 Å². The lowest BCUT2D eigenvalue weighted by Gasteiger charge is -2.31. The van der Waals surface area contributed by atoms with Crippen molar-refractivity contribution in [2.24, 2.45) is 5.92 Å². The number of amides is 2. The number of carbonyl (C=O) groups is 2. The summed E-state index contributed by atoms with van der Waals surface area (Å²) >= 11 is 5.96. The molecule has 3 aromatic rings. The molecule has 0 aliphatic carbocycles. The van der Waals surface area contributed by atoms with E-state index in [1.54, 1.807) is 23.5 Å². The summed E-state index contributed by atoms with van der Waals surface area (Å²) in [7, 11) is 0. The molecule has 1 fully saturated rings. The van der Waals surface area contributed by atoms with E-state index in [0.717, 1.165) is 17.5 Å². The van der Waals surface area contributed by atoms with E-state index in [4.69, 9.17) is 11.6 Å². The Hall–Kier alpha value is -3.19. The zero-order valence-electron chi connectivity index (χ0n) is 17.8. The molecule has 0 unspecified atom stereocenters. The van der Waals surface area contributed by atoms with Gasteiger partial charge in [0.1, 0.15) is 0 Å². The van der Waals surface area contributed by atoms with E-state index in [2.05, 4.69) is 15.3 Å². The predicted molar refractivity (Wildman–Crippen MR) is 122 cm³/mol. The van der Waals surface area contributed by atoms with Crippen molar-refractivity contribution in [1.29, 1.82) is 0 Å². The molecule has 1 aliphatic heterocycles. The lowest BCUT2D eigenvalue weighted by atomic mass is 9.95. The third kappa shape index (κ3) is 5.53. The molecule has 2 amide bonds. The van der Waals surface area contributed by atoms with Crippen LogP contribution in [0.15, 0.2) is 61.2 Å². The molecule has 2 aromatic heterocycles. The molecule has 4 rings (SSSR count). The van der Waals surface area contributed by atoms with Crippen molar-refractivity contribution < 1.29 is 9.59 Å². The van der Waals surface area contributed by atoms with Gasteiger partial charge in [-0.1, -0.05) is 23.7 Å². The first-order chi connectivity index (χ1) is 15.6. The Morgan fingerprint density at radius 3 is 2.44 bits per heavy atom. The SMILES string of the molecule is O=C(NCCc1ccncc1)C1CCN(C(=O)c2nccn2Cc2ccc(Cl)cc2)CC1. The number of aromatic nitrogens is 3. The van der Waals surface area contributed by atoms with Crippen molar-refractivity contribution >= 4 is 23.4 Å². The molecular weight excluding hydrogens is 426 g/mol. The highest BCUT2D eigenvalue weighted by atomic mass is 35.5. The summed E-state index contributed by atoms with van der Waals surface area (Å²) in [6.45, 7) is 2.25. The molecule has 3 heterocycles. The summed E-state index contributed by atoms with van der Waals surface area (Å²) < 4.78 is 1.85. The number of benzene rings is 1. The van der Waals surface area contributed by atoms with Gasteiger partial charge in [-0.15, -0.1) is 0 Å². The molecule has 1 saturated heterocycles. The van der Waals surface area contributed by atoms with Gasteiger partial charge in [-0.25, -0.2) is 4.98 Å². The van der Waals surface area contributed by atoms with Gasteiger partial charge in [-0.3, -0.25) is 14.6 Å². The smallest absolute Gasteiger partial charge is 0.289 e. The summed E-state index contributed by atoms with van der Waals surface area (Å²) in [5.41, 5.74) is 2.19. The number of halogens is 1. The number of piperidine rings is 1. The molecule has 0 saturated carbocycles. The molecule has 32 heavy (non-hydrogen) atoms. The first-order valence-corrected chi connectivity index (χ1v) is 11.2. The maximum Gasteiger partial charge on any atom is 0.289 e. The Morgan fingerprint density at radius 2 is 1.72 bits per heavy atom. The molecule has 0 bridgehead atoms. The van der Waals surface area contributed by atoms with Gasteiger partial charge in [0.15, 0.2) is 5.82 Å². The predicted octanol–water partition coefficient (Wildman–Crippen LogP) is 3.19. The number of nitrogens with zero attached hydrogens (tertiary/aromatic N) is 4. The third-order valence-electron chi connectivity index (χ3n) is 5.79. The number of rotatable bonds is 7. The number of carbonyl (C=O) groups excluding carboxylic acids is 2. The van der Waals surface area contributed by atoms with Gasteiger partial charge in [0, 0.05) is 61.9 Å². The van der Waals surface area contributed by atoms with Crippen LogP contribution in [0.25, 0.3) is 0 Å². The zero-order valence-corrected chi connectivity index (χ0v) is 18.5. The molecular formula is C24H26ClN5O2. The maximum absolute atomic E-state index is 13.0. The molecule has 8 heteroatoms. The topological polar surface area (TPSA) is 80.1 Å². The quantitative estimate of drug-likeness (QED) is 0.598. The molecule has 1 aliphatic rings. The largest absolute Gasteiger partial charge is 0.356 e. The second kappa shape index (κ2) is 10.4. The van der Waals surface area contributed by atoms with Crippen molar-refractivity contribution in [1.82, 2.24) is 24.8 Å². The van der Waals surface area contributed by atoms with Crippen molar-refractivity contribution in [2.75, 3.05) is 19.6 Å². The van der Waals surface area contributed by atoms with Crippen LogP contribution in [0.5, 0.6) is 0 Å². The van der Waals surface area contributed by atoms with E-state index in [1.807, 2.05) is 47.2 Å². The fourth-order valence-electron chi connectivity index (χ4n) is 3.93. The number of hydrogen-bond donors (Lipinski definition) is 1. The van der Waals surface area contributed by atoms with Crippen LogP contribution >= 0.6 is 11.6 Å². The second-order valence-corrected chi connectivity index (χ2v) is 8.40. The third-order valence-corrected chi connectivity index (χ3v) is 6.04. The standard InChI is InChI=1S/C24H26ClN5O2/c25-21-3-1-19(2-4-21)17-30-16-13-27-22(30)24(32)29-14-8-20(9-15-29)23(31)28-12-7-18-5-10-26-11-6-18/h1-6,10-11,13,16,20H,7-9,12,14-15,17H2,(H,28,31). The Bertz CT molecular complexity index is 1040. The minimum atomic E-state index is -0.0968. The van der Waals surface area contributed by atoms with E-state index >= 15 is 0 Å². The van der Waals surface area contributed by atoms with Gasteiger partial charge in [0.25, 0.3) is 5.91 Å². The van der Waals surface area contributed by atoms with Gasteiger partial charge in [-0.05, 0) is 54.7 Å². The molecule has 0 atom stereocenters. The van der Waals surface area contributed by atoms with Crippen LogP contribution in [-0.2, 0) is 17.8 Å². The average molecular weight is 452 g/mol. The summed E-state index contributed by atoms with van der Waals surface area (Å²) in [5, 5.41) is 3.70. The Kier molecular flexibility index (Phi) is 7.17.